The van der Waals surface area contributed by atoms with Crippen LogP contribution in [0, 0.1) is 3.70 Å². The van der Waals surface area contributed by atoms with Crippen LogP contribution in [-0.2, 0) is 13.1 Å². The van der Waals surface area contributed by atoms with Crippen LogP contribution in [0.1, 0.15) is 5.82 Å². The lowest BCUT2D eigenvalue weighted by Crippen LogP contribution is -3.00. The number of hydrogen-bond acceptors (Lipinski definition) is 2. The molecule has 0 atom stereocenters. The second-order valence-electron chi connectivity index (χ2n) is 7.65. The Morgan fingerprint density at radius 2 is 1.63 bits per heavy atom. The monoisotopic (exact) mass is 587 g/mol. The summed E-state index contributed by atoms with van der Waals surface area (Å²) >= 11 is 2.31. The lowest BCUT2D eigenvalue weighted by molar-refractivity contribution is -0.870. The first-order valence-corrected chi connectivity index (χ1v) is 9.86. The molecule has 0 N–H and O–H groups in total. The summed E-state index contributed by atoms with van der Waals surface area (Å²) in [7, 11) is 6.67. The number of para-hydroxylation sites is 3. The Bertz CT molecular complexity index is 1080. The normalized spacial score (nSPS) is 11.9. The van der Waals surface area contributed by atoms with Crippen molar-refractivity contribution in [3.05, 3.63) is 58.1 Å². The van der Waals surface area contributed by atoms with Crippen LogP contribution in [0.4, 0.5) is 0 Å². The molecule has 7 heteroatoms. The van der Waals surface area contributed by atoms with Crippen LogP contribution < -0.4 is 24.0 Å². The molecule has 4 aromatic rings. The second kappa shape index (κ2) is 8.04. The zero-order valence-electron chi connectivity index (χ0n) is 15.7. The fourth-order valence-corrected chi connectivity index (χ4v) is 3.95. The number of quaternary nitrogens is 1. The topological polar surface area (TPSA) is 35.6 Å². The molecule has 0 aliphatic rings. The number of fused-ring (bicyclic) bond motifs is 2. The van der Waals surface area contributed by atoms with E-state index in [2.05, 4.69) is 102 Å². The summed E-state index contributed by atoms with van der Waals surface area (Å²) in [6, 6.07) is 16.8. The van der Waals surface area contributed by atoms with E-state index in [1.807, 2.05) is 0 Å². The Morgan fingerprint density at radius 1 is 0.963 bits per heavy atom. The molecule has 0 aliphatic carbocycles. The molecule has 27 heavy (non-hydrogen) atoms. The van der Waals surface area contributed by atoms with Gasteiger partial charge in [-0.1, -0.05) is 30.3 Å². The lowest BCUT2D eigenvalue weighted by Gasteiger charge is -2.24. The number of hydrogen-bond donors (Lipinski definition) is 0. The minimum atomic E-state index is 0. The molecule has 2 aromatic heterocycles. The Labute approximate surface area is 190 Å². The van der Waals surface area contributed by atoms with Crippen molar-refractivity contribution in [2.45, 2.75) is 13.1 Å². The van der Waals surface area contributed by atoms with Crippen LogP contribution in [0.5, 0.6) is 0 Å². The number of rotatable bonds is 5. The standard InChI is InChI=1S/C20H23IN5.HI/c1-26(2,3)13-12-24-18-11-7-5-9-16(18)22-19(24)14-25-17-10-6-4-8-15(17)20(21)23-25;/h4-11H,12-14H2,1-3H3;1H/q+1;/p-1. The molecule has 4 rings (SSSR count). The van der Waals surface area contributed by atoms with Gasteiger partial charge in [-0.05, 0) is 40.8 Å². The molecule has 0 radical (unpaired) electrons. The Hall–Kier alpha value is -1.20. The fraction of sp³-hybridized carbons (Fsp3) is 0.300. The molecule has 0 amide bonds. The molecule has 142 valence electrons. The Morgan fingerprint density at radius 3 is 2.37 bits per heavy atom. The molecular formula is C20H23I2N5. The lowest BCUT2D eigenvalue weighted by atomic mass is 10.2. The summed E-state index contributed by atoms with van der Waals surface area (Å²) in [5, 5.41) is 5.95. The first-order chi connectivity index (χ1) is 12.4. The van der Waals surface area contributed by atoms with Crippen LogP contribution in [0.25, 0.3) is 21.9 Å². The van der Waals surface area contributed by atoms with Gasteiger partial charge in [-0.3, -0.25) is 4.68 Å². The molecule has 0 aliphatic heterocycles. The van der Waals surface area contributed by atoms with Gasteiger partial charge in [0.2, 0.25) is 0 Å². The second-order valence-corrected chi connectivity index (χ2v) is 8.67. The molecule has 0 fully saturated rings. The van der Waals surface area contributed by atoms with Crippen molar-refractivity contribution in [2.75, 3.05) is 27.7 Å². The number of nitrogens with zero attached hydrogens (tertiary/aromatic N) is 5. The van der Waals surface area contributed by atoms with Crippen molar-refractivity contribution in [1.29, 1.82) is 0 Å². The highest BCUT2D eigenvalue weighted by atomic mass is 127. The van der Waals surface area contributed by atoms with E-state index in [1.165, 1.54) is 10.9 Å². The molecular weight excluding hydrogens is 564 g/mol. The Balaban J connectivity index is 0.00000210. The maximum Gasteiger partial charge on any atom is 0.131 e. The number of imidazole rings is 1. The summed E-state index contributed by atoms with van der Waals surface area (Å²) in [5.74, 6) is 1.06. The van der Waals surface area contributed by atoms with E-state index in [4.69, 9.17) is 10.1 Å². The van der Waals surface area contributed by atoms with Crippen molar-refractivity contribution in [3.8, 4) is 0 Å². The summed E-state index contributed by atoms with van der Waals surface area (Å²) in [5.41, 5.74) is 3.40. The van der Waals surface area contributed by atoms with E-state index in [9.17, 15) is 0 Å². The van der Waals surface area contributed by atoms with Gasteiger partial charge in [0, 0.05) is 5.39 Å². The molecule has 2 heterocycles. The van der Waals surface area contributed by atoms with E-state index in [0.717, 1.165) is 38.1 Å². The predicted molar refractivity (Wildman–Crippen MR) is 114 cm³/mol. The van der Waals surface area contributed by atoms with Gasteiger partial charge in [0.15, 0.2) is 0 Å². The molecule has 2 aromatic carbocycles. The van der Waals surface area contributed by atoms with Gasteiger partial charge >= 0.3 is 0 Å². The van der Waals surface area contributed by atoms with Crippen LogP contribution in [-0.4, -0.2) is 51.5 Å². The van der Waals surface area contributed by atoms with E-state index in [1.54, 1.807) is 0 Å². The quantitative estimate of drug-likeness (QED) is 0.256. The van der Waals surface area contributed by atoms with Crippen molar-refractivity contribution >= 4 is 44.5 Å². The third kappa shape index (κ3) is 4.29. The minimum Gasteiger partial charge on any atom is -1.00 e. The highest BCUT2D eigenvalue weighted by Crippen LogP contribution is 2.22. The Kier molecular flexibility index (Phi) is 6.11. The number of halogens is 2. The van der Waals surface area contributed by atoms with Gasteiger partial charge < -0.3 is 33.0 Å². The molecule has 0 bridgehead atoms. The van der Waals surface area contributed by atoms with Crippen molar-refractivity contribution in [2.24, 2.45) is 0 Å². The number of benzene rings is 2. The van der Waals surface area contributed by atoms with Gasteiger partial charge in [-0.25, -0.2) is 4.98 Å². The highest BCUT2D eigenvalue weighted by Gasteiger charge is 2.16. The van der Waals surface area contributed by atoms with Gasteiger partial charge in [0.05, 0.1) is 57.3 Å². The summed E-state index contributed by atoms with van der Waals surface area (Å²) in [6.07, 6.45) is 0. The fourth-order valence-electron chi connectivity index (χ4n) is 3.24. The molecule has 0 saturated heterocycles. The summed E-state index contributed by atoms with van der Waals surface area (Å²) < 4.78 is 6.38. The van der Waals surface area contributed by atoms with Crippen molar-refractivity contribution < 1.29 is 28.5 Å². The van der Waals surface area contributed by atoms with Crippen LogP contribution in [0.2, 0.25) is 0 Å². The molecule has 0 unspecified atom stereocenters. The first kappa shape index (κ1) is 20.5. The number of aromatic nitrogens is 4. The minimum absolute atomic E-state index is 0. The van der Waals surface area contributed by atoms with Crippen LogP contribution in [0.3, 0.4) is 0 Å². The zero-order valence-corrected chi connectivity index (χ0v) is 20.0. The maximum atomic E-state index is 4.92. The average molecular weight is 587 g/mol. The molecule has 0 saturated carbocycles. The van der Waals surface area contributed by atoms with Gasteiger partial charge in [-0.2, -0.15) is 5.10 Å². The van der Waals surface area contributed by atoms with E-state index in [-0.39, 0.29) is 24.0 Å². The van der Waals surface area contributed by atoms with Crippen molar-refractivity contribution in [3.63, 3.8) is 0 Å². The average Bonchev–Trinajstić information content (AvgIpc) is 3.11. The summed E-state index contributed by atoms with van der Waals surface area (Å²) in [6.45, 7) is 2.66. The first-order valence-electron chi connectivity index (χ1n) is 8.78. The maximum absolute atomic E-state index is 4.92. The third-order valence-corrected chi connectivity index (χ3v) is 5.43. The molecule has 5 nitrogen and oxygen atoms in total. The summed E-state index contributed by atoms with van der Waals surface area (Å²) in [4.78, 5) is 4.92. The van der Waals surface area contributed by atoms with E-state index in [0.29, 0.717) is 6.54 Å². The van der Waals surface area contributed by atoms with Crippen LogP contribution in [0.15, 0.2) is 48.5 Å². The third-order valence-electron chi connectivity index (χ3n) is 4.63. The predicted octanol–water partition coefficient (Wildman–Crippen LogP) is 0.749. The molecule has 0 spiro atoms. The largest absolute Gasteiger partial charge is 1.00 e. The van der Waals surface area contributed by atoms with Gasteiger partial charge in [-0.15, -0.1) is 0 Å². The zero-order chi connectivity index (χ0) is 18.3. The van der Waals surface area contributed by atoms with Gasteiger partial charge in [0.25, 0.3) is 0 Å². The smallest absolute Gasteiger partial charge is 0.131 e. The van der Waals surface area contributed by atoms with Gasteiger partial charge in [0.1, 0.15) is 9.53 Å². The highest BCUT2D eigenvalue weighted by molar-refractivity contribution is 14.1. The van der Waals surface area contributed by atoms with E-state index < -0.39 is 0 Å². The van der Waals surface area contributed by atoms with Crippen LogP contribution >= 0.6 is 22.6 Å². The number of likely N-dealkylation sites (N-methyl/N-ethyl adjacent to an activating group) is 1. The SMILES string of the molecule is C[N+](C)(C)CCn1c(Cn2nc(I)c3ccccc32)nc2ccccc21.[I-]. The van der Waals surface area contributed by atoms with Crippen molar-refractivity contribution in [1.82, 2.24) is 19.3 Å². The van der Waals surface area contributed by atoms with E-state index >= 15 is 0 Å².